The van der Waals surface area contributed by atoms with Crippen molar-refractivity contribution in [1.82, 2.24) is 19.7 Å². The van der Waals surface area contributed by atoms with Gasteiger partial charge in [-0.05, 0) is 68.8 Å². The molecule has 0 aliphatic carbocycles. The number of hydrogen-bond acceptors (Lipinski definition) is 4. The Morgan fingerprint density at radius 2 is 1.86 bits per heavy atom. The van der Waals surface area contributed by atoms with Gasteiger partial charge in [-0.15, -0.1) is 0 Å². The van der Waals surface area contributed by atoms with Crippen LogP contribution < -0.4 is 5.32 Å². The maximum atomic E-state index is 14.2. The van der Waals surface area contributed by atoms with Crippen molar-refractivity contribution in [1.29, 1.82) is 0 Å². The minimum atomic E-state index is -0.517. The molecule has 1 aliphatic heterocycles. The third-order valence-corrected chi connectivity index (χ3v) is 6.54. The van der Waals surface area contributed by atoms with Crippen LogP contribution >= 0.6 is 0 Å². The van der Waals surface area contributed by atoms with Gasteiger partial charge in [-0.3, -0.25) is 9.59 Å². The van der Waals surface area contributed by atoms with Crippen LogP contribution in [0.2, 0.25) is 0 Å². The highest BCUT2D eigenvalue weighted by atomic mass is 19.1. The van der Waals surface area contributed by atoms with Crippen molar-refractivity contribution < 1.29 is 18.4 Å². The quantitative estimate of drug-likeness (QED) is 0.425. The summed E-state index contributed by atoms with van der Waals surface area (Å²) in [5.41, 5.74) is 0.975. The number of hydrogen-bond donors (Lipinski definition) is 1. The number of rotatable bonds is 11. The molecule has 1 fully saturated rings. The molecule has 192 valence electrons. The number of nitrogens with one attached hydrogen (secondary N) is 1. The highest BCUT2D eigenvalue weighted by molar-refractivity contribution is 5.94. The van der Waals surface area contributed by atoms with Gasteiger partial charge in [-0.2, -0.15) is 0 Å². The number of benzene rings is 1. The molecular formula is C28H35FN4O3. The lowest BCUT2D eigenvalue weighted by atomic mass is 10.1. The second-order valence-electron chi connectivity index (χ2n) is 9.26. The van der Waals surface area contributed by atoms with Gasteiger partial charge in [0.15, 0.2) is 5.76 Å². The van der Waals surface area contributed by atoms with E-state index < -0.39 is 5.82 Å². The summed E-state index contributed by atoms with van der Waals surface area (Å²) in [6.07, 6.45) is 6.41. The molecule has 0 spiro atoms. The molecule has 0 radical (unpaired) electrons. The van der Waals surface area contributed by atoms with Crippen LogP contribution in [0.25, 0.3) is 0 Å². The molecule has 0 unspecified atom stereocenters. The molecule has 2 amide bonds. The molecule has 0 bridgehead atoms. The van der Waals surface area contributed by atoms with E-state index in [0.717, 1.165) is 31.7 Å². The SMILES string of the molecule is CCCN(Cc1cccn1Cc1ccc(C(=O)NCCN2CCCCC2)o1)C(=O)c1ccccc1F. The smallest absolute Gasteiger partial charge is 0.287 e. The number of amides is 2. The van der Waals surface area contributed by atoms with Crippen LogP contribution in [0.15, 0.2) is 59.1 Å². The molecule has 1 N–H and O–H groups in total. The van der Waals surface area contributed by atoms with E-state index in [4.69, 9.17) is 4.42 Å². The number of furan rings is 1. The van der Waals surface area contributed by atoms with E-state index in [0.29, 0.717) is 37.7 Å². The number of carbonyl (C=O) groups is 2. The monoisotopic (exact) mass is 494 g/mol. The summed E-state index contributed by atoms with van der Waals surface area (Å²) in [6.45, 7) is 6.92. The van der Waals surface area contributed by atoms with Crippen LogP contribution in [0, 0.1) is 5.82 Å². The summed E-state index contributed by atoms with van der Waals surface area (Å²) >= 11 is 0. The van der Waals surface area contributed by atoms with E-state index >= 15 is 0 Å². The first-order chi connectivity index (χ1) is 17.5. The van der Waals surface area contributed by atoms with Gasteiger partial charge < -0.3 is 24.1 Å². The molecule has 7 nitrogen and oxygen atoms in total. The number of nitrogens with zero attached hydrogens (tertiary/aromatic N) is 3. The highest BCUT2D eigenvalue weighted by Crippen LogP contribution is 2.17. The van der Waals surface area contributed by atoms with E-state index in [-0.39, 0.29) is 17.4 Å². The Bertz CT molecular complexity index is 1150. The zero-order chi connectivity index (χ0) is 25.3. The second-order valence-corrected chi connectivity index (χ2v) is 9.26. The van der Waals surface area contributed by atoms with E-state index in [1.54, 1.807) is 29.2 Å². The highest BCUT2D eigenvalue weighted by Gasteiger charge is 2.20. The Morgan fingerprint density at radius 3 is 2.64 bits per heavy atom. The average Bonchev–Trinajstić information content (AvgIpc) is 3.54. The lowest BCUT2D eigenvalue weighted by Crippen LogP contribution is -2.37. The van der Waals surface area contributed by atoms with Gasteiger partial charge in [-0.25, -0.2) is 4.39 Å². The topological polar surface area (TPSA) is 70.7 Å². The number of carbonyl (C=O) groups excluding carboxylic acids is 2. The predicted molar refractivity (Wildman–Crippen MR) is 136 cm³/mol. The van der Waals surface area contributed by atoms with E-state index in [2.05, 4.69) is 10.2 Å². The van der Waals surface area contributed by atoms with Crippen molar-refractivity contribution in [3.8, 4) is 0 Å². The Hall–Kier alpha value is -3.39. The van der Waals surface area contributed by atoms with Crippen molar-refractivity contribution in [2.45, 2.75) is 45.7 Å². The average molecular weight is 495 g/mol. The molecule has 1 saturated heterocycles. The van der Waals surface area contributed by atoms with Crippen LogP contribution in [0.4, 0.5) is 4.39 Å². The fourth-order valence-corrected chi connectivity index (χ4v) is 4.62. The molecule has 8 heteroatoms. The minimum absolute atomic E-state index is 0.0750. The van der Waals surface area contributed by atoms with Gasteiger partial charge in [0.2, 0.25) is 0 Å². The van der Waals surface area contributed by atoms with Crippen molar-refractivity contribution in [2.75, 3.05) is 32.7 Å². The maximum absolute atomic E-state index is 14.2. The van der Waals surface area contributed by atoms with Gasteiger partial charge in [0.05, 0.1) is 18.7 Å². The minimum Gasteiger partial charge on any atom is -0.454 e. The Balaban J connectivity index is 1.35. The fraction of sp³-hybridized carbons (Fsp3) is 0.429. The van der Waals surface area contributed by atoms with Crippen LogP contribution in [-0.2, 0) is 13.1 Å². The molecule has 1 aromatic carbocycles. The van der Waals surface area contributed by atoms with Gasteiger partial charge >= 0.3 is 0 Å². The summed E-state index contributed by atoms with van der Waals surface area (Å²) < 4.78 is 22.0. The van der Waals surface area contributed by atoms with Gasteiger partial charge in [0.25, 0.3) is 11.8 Å². The van der Waals surface area contributed by atoms with Gasteiger partial charge in [-0.1, -0.05) is 25.5 Å². The second kappa shape index (κ2) is 12.5. The maximum Gasteiger partial charge on any atom is 0.287 e. The van der Waals surface area contributed by atoms with Crippen LogP contribution in [0.1, 0.15) is 65.0 Å². The summed E-state index contributed by atoms with van der Waals surface area (Å²) in [7, 11) is 0. The summed E-state index contributed by atoms with van der Waals surface area (Å²) in [5, 5.41) is 2.95. The molecule has 3 aromatic rings. The zero-order valence-corrected chi connectivity index (χ0v) is 20.9. The largest absolute Gasteiger partial charge is 0.454 e. The normalized spacial score (nSPS) is 14.1. The first-order valence-corrected chi connectivity index (χ1v) is 12.8. The Labute approximate surface area is 211 Å². The molecule has 1 aliphatic rings. The predicted octanol–water partition coefficient (Wildman–Crippen LogP) is 4.54. The first kappa shape index (κ1) is 25.7. The van der Waals surface area contributed by atoms with Crippen LogP contribution in [0.5, 0.6) is 0 Å². The molecule has 0 atom stereocenters. The number of aromatic nitrogens is 1. The van der Waals surface area contributed by atoms with Crippen LogP contribution in [0.3, 0.4) is 0 Å². The number of piperidine rings is 1. The summed E-state index contributed by atoms with van der Waals surface area (Å²) in [4.78, 5) is 29.6. The van der Waals surface area contributed by atoms with E-state index in [1.807, 2.05) is 29.8 Å². The summed E-state index contributed by atoms with van der Waals surface area (Å²) in [6, 6.07) is 13.4. The lowest BCUT2D eigenvalue weighted by Gasteiger charge is -2.26. The third kappa shape index (κ3) is 6.63. The zero-order valence-electron chi connectivity index (χ0n) is 20.9. The van der Waals surface area contributed by atoms with Crippen molar-refractivity contribution >= 4 is 11.8 Å². The number of halogens is 1. The lowest BCUT2D eigenvalue weighted by molar-refractivity contribution is 0.0734. The molecule has 2 aromatic heterocycles. The van der Waals surface area contributed by atoms with Crippen LogP contribution in [-0.4, -0.2) is 58.9 Å². The summed E-state index contributed by atoms with van der Waals surface area (Å²) in [5.74, 6) is -0.119. The van der Waals surface area contributed by atoms with Crippen molar-refractivity contribution in [3.63, 3.8) is 0 Å². The molecule has 3 heterocycles. The van der Waals surface area contributed by atoms with E-state index in [1.165, 1.54) is 31.4 Å². The fourth-order valence-electron chi connectivity index (χ4n) is 4.62. The Morgan fingerprint density at radius 1 is 1.06 bits per heavy atom. The van der Waals surface area contributed by atoms with Gasteiger partial charge in [0.1, 0.15) is 11.6 Å². The van der Waals surface area contributed by atoms with Crippen molar-refractivity contribution in [3.05, 3.63) is 83.3 Å². The van der Waals surface area contributed by atoms with E-state index in [9.17, 15) is 14.0 Å². The number of likely N-dealkylation sites (tertiary alicyclic amines) is 1. The molecular weight excluding hydrogens is 459 g/mol. The molecule has 0 saturated carbocycles. The molecule has 36 heavy (non-hydrogen) atoms. The standard InChI is InChI=1S/C28H35FN4O3/c1-2-15-33(28(35)24-10-4-5-11-25(24)29)20-22-9-8-18-32(22)21-23-12-13-26(36-23)27(34)30-14-19-31-16-6-3-7-17-31/h4-5,8-13,18H,2-3,6-7,14-17,19-21H2,1H3,(H,30,34). The third-order valence-electron chi connectivity index (χ3n) is 6.54. The molecule has 4 rings (SSSR count). The van der Waals surface area contributed by atoms with Gasteiger partial charge in [0, 0.05) is 31.5 Å². The Kier molecular flexibility index (Phi) is 8.95. The first-order valence-electron chi connectivity index (χ1n) is 12.8. The van der Waals surface area contributed by atoms with Crippen molar-refractivity contribution in [2.24, 2.45) is 0 Å².